The summed E-state index contributed by atoms with van der Waals surface area (Å²) < 4.78 is 41.7. The van der Waals surface area contributed by atoms with Gasteiger partial charge in [-0.25, -0.2) is 28.1 Å². The average molecular weight is 948 g/mol. The quantitative estimate of drug-likeness (QED) is 0.0280. The van der Waals surface area contributed by atoms with Crippen molar-refractivity contribution in [2.24, 2.45) is 27.4 Å². The number of hydrogen-bond acceptors (Lipinski definition) is 14. The molecule has 2 aliphatic heterocycles. The van der Waals surface area contributed by atoms with Gasteiger partial charge in [0.05, 0.1) is 23.4 Å². The molecule has 1 amide bonds. The molecule has 3 heterocycles. The number of carbonyl (C=O) groups excluding carboxylic acids is 3. The number of fused-ring (bicyclic) bond motifs is 2. The first-order valence-electron chi connectivity index (χ1n) is 22.1. The van der Waals surface area contributed by atoms with Crippen LogP contribution in [0, 0.1) is 47.5 Å². The van der Waals surface area contributed by atoms with Crippen LogP contribution in [0.3, 0.4) is 0 Å². The minimum atomic E-state index is -4.15. The molecule has 5 rings (SSSR count). The van der Waals surface area contributed by atoms with Crippen molar-refractivity contribution >= 4 is 57.5 Å². The maximum absolute atomic E-state index is 13.5. The first-order chi connectivity index (χ1) is 31.2. The normalized spacial score (nSPS) is 16.0. The number of sulfonamides is 1. The summed E-state index contributed by atoms with van der Waals surface area (Å²) in [6.45, 7) is 20.1. The topological polar surface area (TPSA) is 332 Å². The van der Waals surface area contributed by atoms with E-state index in [0.717, 1.165) is 40.0 Å². The van der Waals surface area contributed by atoms with Crippen LogP contribution in [0.15, 0.2) is 14.9 Å². The molecule has 0 spiro atoms. The molecule has 0 fully saturated rings. The van der Waals surface area contributed by atoms with E-state index in [1.165, 1.54) is 5.56 Å². The summed E-state index contributed by atoms with van der Waals surface area (Å²) in [4.78, 5) is 67.1. The number of aliphatic carboxylic acids is 1. The van der Waals surface area contributed by atoms with E-state index in [2.05, 4.69) is 56.1 Å². The Bertz CT molecular complexity index is 2660. The zero-order chi connectivity index (χ0) is 49.9. The molecule has 21 heteroatoms. The number of guanidine groups is 2. The number of Topliss-reactive ketones (excluding diaryl/α,β-unsaturated/α-hetero) is 1. The Morgan fingerprint density at radius 1 is 0.791 bits per heavy atom. The third-order valence-electron chi connectivity index (χ3n) is 12.4. The Balaban J connectivity index is 1.10. The summed E-state index contributed by atoms with van der Waals surface area (Å²) >= 11 is 0. The van der Waals surface area contributed by atoms with Gasteiger partial charge in [-0.05, 0) is 134 Å². The highest BCUT2D eigenvalue weighted by Gasteiger charge is 2.37. The largest absolute Gasteiger partial charge is 0.487 e. The van der Waals surface area contributed by atoms with E-state index < -0.39 is 74.7 Å². The number of aliphatic imine (C=N–C) groups is 2. The van der Waals surface area contributed by atoms with Crippen molar-refractivity contribution in [3.05, 3.63) is 61.5 Å². The standard InChI is InChI=1S/C46H65N11O9S/c1-22-23(2)36-30(18-45(7,8)65-36)26(5)32(22)20-53-43(49)51-16-12-14-29(21-58)54-41(60)35-40(48)55-34(39(47)56-35)33(59)17-28(42(61)62)13-11-15-52-44(50)57-67(63,64)38-25(4)24(3)37-31(27(38)6)19-46(9,10)66-37/h21,28-29H,11-20H2,1-10H3,(H2,47,56)(H2,48,55)(H,54,60)(H,61,62)(H3,49,51,53)(H3,50,52,57)/t28-,29?/m1/s1. The van der Waals surface area contributed by atoms with Gasteiger partial charge in [0.15, 0.2) is 34.8 Å². The van der Waals surface area contributed by atoms with E-state index in [-0.39, 0.29) is 48.2 Å². The van der Waals surface area contributed by atoms with E-state index in [4.69, 9.17) is 32.4 Å². The van der Waals surface area contributed by atoms with Crippen molar-refractivity contribution in [3.63, 3.8) is 0 Å². The molecule has 3 aromatic rings. The maximum Gasteiger partial charge on any atom is 0.306 e. The van der Waals surface area contributed by atoms with Gasteiger partial charge in [0.2, 0.25) is 5.96 Å². The van der Waals surface area contributed by atoms with Crippen LogP contribution >= 0.6 is 0 Å². The van der Waals surface area contributed by atoms with Crippen LogP contribution in [0.25, 0.3) is 0 Å². The Morgan fingerprint density at radius 3 is 1.96 bits per heavy atom. The van der Waals surface area contributed by atoms with Gasteiger partial charge in [-0.3, -0.25) is 19.4 Å². The lowest BCUT2D eigenvalue weighted by Gasteiger charge is -2.19. The fraction of sp³-hybridized carbons (Fsp3) is 0.522. The number of rotatable bonds is 19. The number of nitrogens with two attached hydrogens (primary N) is 4. The molecule has 67 heavy (non-hydrogen) atoms. The number of nitrogen functional groups attached to an aromatic ring is 2. The summed E-state index contributed by atoms with van der Waals surface area (Å²) in [5.41, 5.74) is 30.8. The number of aromatic nitrogens is 2. The van der Waals surface area contributed by atoms with Crippen LogP contribution in [0.1, 0.15) is 131 Å². The molecule has 2 aromatic carbocycles. The third-order valence-corrected chi connectivity index (χ3v) is 14.0. The van der Waals surface area contributed by atoms with Crippen molar-refractivity contribution in [2.75, 3.05) is 24.6 Å². The average Bonchev–Trinajstić information content (AvgIpc) is 3.76. The second kappa shape index (κ2) is 20.2. The number of carboxylic acids is 1. The second-order valence-corrected chi connectivity index (χ2v) is 20.2. The number of carbonyl (C=O) groups is 4. The first-order valence-corrected chi connectivity index (χ1v) is 23.6. The molecule has 12 N–H and O–H groups in total. The highest BCUT2D eigenvalue weighted by atomic mass is 32.2. The monoisotopic (exact) mass is 947 g/mol. The molecule has 2 atom stereocenters. The Labute approximate surface area is 391 Å². The van der Waals surface area contributed by atoms with Crippen LogP contribution < -0.4 is 47.8 Å². The number of carboxylic acid groups (broad SMARTS) is 1. The fourth-order valence-electron chi connectivity index (χ4n) is 8.63. The highest BCUT2D eigenvalue weighted by molar-refractivity contribution is 7.90. The van der Waals surface area contributed by atoms with Crippen molar-refractivity contribution in [3.8, 4) is 11.5 Å². The Hall–Kier alpha value is -6.51. The zero-order valence-electron chi connectivity index (χ0n) is 40.0. The van der Waals surface area contributed by atoms with Crippen LogP contribution in [0.5, 0.6) is 11.5 Å². The van der Waals surface area contributed by atoms with E-state index in [1.807, 2.05) is 27.7 Å². The SMILES string of the molecule is Cc1c(C)c2c(c(C)c1CN=C(N)NCCCC(C=O)NC(=O)c1nc(N)c(C(=O)C[C@@H](CCCN=C(N)NS(=O)(=O)c3c(C)c(C)c4c(c3C)CC(C)(C)O4)C(=O)O)nc1N)CC(C)(C)O2. The molecule has 364 valence electrons. The molecule has 0 aliphatic carbocycles. The molecule has 2 aliphatic rings. The van der Waals surface area contributed by atoms with Crippen molar-refractivity contribution in [1.29, 1.82) is 0 Å². The lowest BCUT2D eigenvalue weighted by Crippen LogP contribution is -2.38. The number of anilines is 2. The number of nitrogens with one attached hydrogen (secondary N) is 3. The number of hydrogen-bond donors (Lipinski definition) is 8. The Morgan fingerprint density at radius 2 is 1.36 bits per heavy atom. The van der Waals surface area contributed by atoms with Gasteiger partial charge in [-0.15, -0.1) is 0 Å². The summed E-state index contributed by atoms with van der Waals surface area (Å²) in [6, 6.07) is -0.941. The molecular weight excluding hydrogens is 883 g/mol. The van der Waals surface area contributed by atoms with E-state index in [1.54, 1.807) is 20.8 Å². The van der Waals surface area contributed by atoms with Gasteiger partial charge in [0, 0.05) is 43.5 Å². The fourth-order valence-corrected chi connectivity index (χ4v) is 10.1. The number of amides is 1. The van der Waals surface area contributed by atoms with Gasteiger partial charge >= 0.3 is 5.97 Å². The lowest BCUT2D eigenvalue weighted by atomic mass is 9.89. The van der Waals surface area contributed by atoms with E-state index in [0.29, 0.717) is 54.7 Å². The predicted octanol–water partition coefficient (Wildman–Crippen LogP) is 3.45. The van der Waals surface area contributed by atoms with Crippen LogP contribution in [0.4, 0.5) is 11.6 Å². The summed E-state index contributed by atoms with van der Waals surface area (Å²) in [7, 11) is -4.15. The third kappa shape index (κ3) is 11.7. The van der Waals surface area contributed by atoms with E-state index >= 15 is 0 Å². The number of ketones is 1. The minimum absolute atomic E-state index is 0.0445. The molecule has 0 radical (unpaired) electrons. The van der Waals surface area contributed by atoms with Crippen molar-refractivity contribution in [2.45, 2.75) is 143 Å². The number of benzene rings is 2. The Kier molecular flexibility index (Phi) is 15.5. The van der Waals surface area contributed by atoms with E-state index in [9.17, 15) is 32.7 Å². The molecule has 1 aromatic heterocycles. The second-order valence-electron chi connectivity index (χ2n) is 18.6. The molecule has 1 unspecified atom stereocenters. The van der Waals surface area contributed by atoms with Crippen LogP contribution in [-0.4, -0.2) is 89.7 Å². The summed E-state index contributed by atoms with van der Waals surface area (Å²) in [5.74, 6) is -3.59. The van der Waals surface area contributed by atoms with Gasteiger partial charge in [0.25, 0.3) is 15.9 Å². The van der Waals surface area contributed by atoms with Crippen LogP contribution in [-0.2, 0) is 39.0 Å². The van der Waals surface area contributed by atoms with Crippen molar-refractivity contribution < 1.29 is 42.2 Å². The summed E-state index contributed by atoms with van der Waals surface area (Å²) in [5, 5.41) is 15.5. The molecule has 20 nitrogen and oxygen atoms in total. The van der Waals surface area contributed by atoms with Gasteiger partial charge < -0.3 is 52.9 Å². The lowest BCUT2D eigenvalue weighted by molar-refractivity contribution is -0.141. The molecule has 0 saturated carbocycles. The molecular formula is C46H65N11O9S. The van der Waals surface area contributed by atoms with Gasteiger partial charge in [-0.2, -0.15) is 0 Å². The summed E-state index contributed by atoms with van der Waals surface area (Å²) in [6.07, 6.45) is 2.09. The molecule has 0 saturated heterocycles. The number of nitrogens with zero attached hydrogens (tertiary/aromatic N) is 4. The zero-order valence-corrected chi connectivity index (χ0v) is 40.8. The highest BCUT2D eigenvalue weighted by Crippen LogP contribution is 2.44. The number of aldehydes is 1. The van der Waals surface area contributed by atoms with Gasteiger partial charge in [-0.1, -0.05) is 0 Å². The number of ether oxygens (including phenoxy) is 2. The smallest absolute Gasteiger partial charge is 0.306 e. The van der Waals surface area contributed by atoms with Gasteiger partial charge in [0.1, 0.15) is 29.0 Å². The minimum Gasteiger partial charge on any atom is -0.487 e. The van der Waals surface area contributed by atoms with Crippen LogP contribution in [0.2, 0.25) is 0 Å². The van der Waals surface area contributed by atoms with Crippen molar-refractivity contribution in [1.82, 2.24) is 25.3 Å². The first kappa shape index (κ1) is 51.5. The molecule has 0 bridgehead atoms. The maximum atomic E-state index is 13.5. The predicted molar refractivity (Wildman–Crippen MR) is 255 cm³/mol.